The van der Waals surface area contributed by atoms with Gasteiger partial charge in [0.05, 0.1) is 6.04 Å². The lowest BCUT2D eigenvalue weighted by atomic mass is 9.93. The van der Waals surface area contributed by atoms with Crippen molar-refractivity contribution in [2.24, 2.45) is 0 Å². The van der Waals surface area contributed by atoms with Gasteiger partial charge in [-0.05, 0) is 36.3 Å². The number of hydrogen-bond donors (Lipinski definition) is 1. The van der Waals surface area contributed by atoms with E-state index in [9.17, 15) is 4.79 Å². The van der Waals surface area contributed by atoms with E-state index in [1.54, 1.807) is 29.3 Å². The molecular weight excluding hydrogens is 338 g/mol. The van der Waals surface area contributed by atoms with Gasteiger partial charge in [0.25, 0.3) is 0 Å². The minimum Gasteiger partial charge on any atom is -0.438 e. The summed E-state index contributed by atoms with van der Waals surface area (Å²) in [4.78, 5) is 18.5. The first-order valence-electron chi connectivity index (χ1n) is 9.04. The van der Waals surface area contributed by atoms with E-state index in [-0.39, 0.29) is 12.1 Å². The van der Waals surface area contributed by atoms with Gasteiger partial charge in [-0.15, -0.1) is 6.58 Å². The number of nitrogen functional groups attached to an aromatic ring is 1. The Morgan fingerprint density at radius 2 is 1.96 bits per heavy atom. The van der Waals surface area contributed by atoms with Crippen LogP contribution in [0.3, 0.4) is 0 Å². The van der Waals surface area contributed by atoms with Crippen molar-refractivity contribution in [2.75, 3.05) is 12.3 Å². The number of amides is 1. The molecule has 5 heteroatoms. The summed E-state index contributed by atoms with van der Waals surface area (Å²) < 4.78 is 5.70. The molecule has 1 aliphatic heterocycles. The van der Waals surface area contributed by atoms with Gasteiger partial charge in [-0.2, -0.15) is 0 Å². The highest BCUT2D eigenvalue weighted by atomic mass is 16.6. The summed E-state index contributed by atoms with van der Waals surface area (Å²) in [6, 6.07) is 11.8. The third kappa shape index (κ3) is 3.87. The molecule has 27 heavy (non-hydrogen) atoms. The number of nitrogens with two attached hydrogens (primary N) is 1. The standard InChI is InChI=1S/C22H25N3O2/c1-4-12-22(5-2)13-14-25(21(26)27-22)16(3)17-6-8-18(9-7-17)19-10-11-20(23)24-15-19/h4-11,15-16H,1-2,12-14H2,3H3,(H2,23,24)/t16-,22+/m0/s1. The Balaban J connectivity index is 1.73. The average Bonchev–Trinajstić information content (AvgIpc) is 2.68. The van der Waals surface area contributed by atoms with E-state index in [0.29, 0.717) is 25.2 Å². The van der Waals surface area contributed by atoms with Crippen molar-refractivity contribution in [1.82, 2.24) is 9.88 Å². The van der Waals surface area contributed by atoms with Crippen LogP contribution in [0.2, 0.25) is 0 Å². The number of hydrogen-bond acceptors (Lipinski definition) is 4. The first-order chi connectivity index (χ1) is 13.0. The average molecular weight is 363 g/mol. The zero-order chi connectivity index (χ0) is 19.4. The van der Waals surface area contributed by atoms with Crippen LogP contribution >= 0.6 is 0 Å². The maximum atomic E-state index is 12.6. The van der Waals surface area contributed by atoms with Gasteiger partial charge in [-0.1, -0.05) is 36.9 Å². The second kappa shape index (κ2) is 7.66. The van der Waals surface area contributed by atoms with E-state index in [1.165, 1.54) is 0 Å². The number of nitrogens with zero attached hydrogens (tertiary/aromatic N) is 2. The number of aromatic nitrogens is 1. The summed E-state index contributed by atoms with van der Waals surface area (Å²) in [5, 5.41) is 0. The zero-order valence-corrected chi connectivity index (χ0v) is 15.6. The van der Waals surface area contributed by atoms with Crippen LogP contribution in [-0.4, -0.2) is 28.1 Å². The number of carbonyl (C=O) groups is 1. The van der Waals surface area contributed by atoms with Gasteiger partial charge < -0.3 is 15.4 Å². The van der Waals surface area contributed by atoms with E-state index < -0.39 is 5.60 Å². The Bertz CT molecular complexity index is 830. The smallest absolute Gasteiger partial charge is 0.411 e. The monoisotopic (exact) mass is 363 g/mol. The fraction of sp³-hybridized carbons (Fsp3) is 0.273. The molecule has 1 aromatic carbocycles. The van der Waals surface area contributed by atoms with E-state index in [0.717, 1.165) is 16.7 Å². The van der Waals surface area contributed by atoms with Gasteiger partial charge in [0.2, 0.25) is 0 Å². The van der Waals surface area contributed by atoms with Gasteiger partial charge in [0, 0.05) is 31.1 Å². The summed E-state index contributed by atoms with van der Waals surface area (Å²) in [6.45, 7) is 10.2. The first-order valence-corrected chi connectivity index (χ1v) is 9.04. The van der Waals surface area contributed by atoms with Gasteiger partial charge in [0.1, 0.15) is 11.4 Å². The molecule has 2 aromatic rings. The molecule has 0 bridgehead atoms. The van der Waals surface area contributed by atoms with Crippen LogP contribution in [0.4, 0.5) is 10.6 Å². The van der Waals surface area contributed by atoms with Gasteiger partial charge in [-0.3, -0.25) is 0 Å². The number of cyclic esters (lactones) is 1. The van der Waals surface area contributed by atoms with E-state index >= 15 is 0 Å². The Hall–Kier alpha value is -3.08. The molecule has 2 atom stereocenters. The minimum absolute atomic E-state index is 0.0809. The molecular formula is C22H25N3O2. The number of pyridine rings is 1. The third-order valence-electron chi connectivity index (χ3n) is 5.14. The molecule has 0 aliphatic carbocycles. The lowest BCUT2D eigenvalue weighted by molar-refractivity contribution is -0.0263. The highest BCUT2D eigenvalue weighted by Crippen LogP contribution is 2.33. The highest BCUT2D eigenvalue weighted by molar-refractivity contribution is 5.70. The van der Waals surface area contributed by atoms with Crippen molar-refractivity contribution in [3.05, 3.63) is 73.5 Å². The predicted molar refractivity (Wildman–Crippen MR) is 108 cm³/mol. The van der Waals surface area contributed by atoms with Crippen LogP contribution in [-0.2, 0) is 4.74 Å². The zero-order valence-electron chi connectivity index (χ0n) is 15.6. The molecule has 5 nitrogen and oxygen atoms in total. The topological polar surface area (TPSA) is 68.5 Å². The van der Waals surface area contributed by atoms with E-state index in [1.807, 2.05) is 37.3 Å². The molecule has 140 valence electrons. The number of carbonyl (C=O) groups excluding carboxylic acids is 1. The SMILES string of the molecule is C=CC[C@]1(C=C)CCN([C@@H](C)c2ccc(-c3ccc(N)nc3)cc2)C(=O)O1. The highest BCUT2D eigenvalue weighted by Gasteiger charge is 2.39. The summed E-state index contributed by atoms with van der Waals surface area (Å²) in [7, 11) is 0. The second-order valence-electron chi connectivity index (χ2n) is 6.84. The Morgan fingerprint density at radius 1 is 1.26 bits per heavy atom. The van der Waals surface area contributed by atoms with Crippen molar-refractivity contribution in [3.8, 4) is 11.1 Å². The molecule has 1 aromatic heterocycles. The summed E-state index contributed by atoms with van der Waals surface area (Å²) >= 11 is 0. The van der Waals surface area contributed by atoms with Crippen LogP contribution in [0.15, 0.2) is 67.9 Å². The fourth-order valence-electron chi connectivity index (χ4n) is 3.36. The number of rotatable bonds is 6. The normalized spacial score (nSPS) is 20.6. The number of anilines is 1. The van der Waals surface area contributed by atoms with Crippen LogP contribution in [0.25, 0.3) is 11.1 Å². The molecule has 2 N–H and O–H groups in total. The molecule has 0 saturated carbocycles. The molecule has 3 rings (SSSR count). The van der Waals surface area contributed by atoms with Crippen molar-refractivity contribution in [3.63, 3.8) is 0 Å². The molecule has 0 spiro atoms. The second-order valence-corrected chi connectivity index (χ2v) is 6.84. The van der Waals surface area contributed by atoms with Crippen LogP contribution in [0.1, 0.15) is 31.4 Å². The van der Waals surface area contributed by atoms with Crippen LogP contribution in [0, 0.1) is 0 Å². The van der Waals surface area contributed by atoms with E-state index in [4.69, 9.17) is 10.5 Å². The largest absolute Gasteiger partial charge is 0.438 e. The minimum atomic E-state index is -0.638. The van der Waals surface area contributed by atoms with Crippen molar-refractivity contribution in [1.29, 1.82) is 0 Å². The predicted octanol–water partition coefficient (Wildman–Crippen LogP) is 4.74. The Morgan fingerprint density at radius 3 is 2.52 bits per heavy atom. The maximum absolute atomic E-state index is 12.6. The molecule has 1 fully saturated rings. The molecule has 0 radical (unpaired) electrons. The van der Waals surface area contributed by atoms with Crippen LogP contribution in [0.5, 0.6) is 0 Å². The summed E-state index contributed by atoms with van der Waals surface area (Å²) in [5.74, 6) is 0.500. The third-order valence-corrected chi connectivity index (χ3v) is 5.14. The Kier molecular flexibility index (Phi) is 5.31. The summed E-state index contributed by atoms with van der Waals surface area (Å²) in [6.07, 6.45) is 6.19. The molecule has 0 unspecified atom stereocenters. The van der Waals surface area contributed by atoms with Crippen molar-refractivity contribution in [2.45, 2.75) is 31.4 Å². The lowest BCUT2D eigenvalue weighted by Crippen LogP contribution is -2.49. The lowest BCUT2D eigenvalue weighted by Gasteiger charge is -2.41. The van der Waals surface area contributed by atoms with Crippen molar-refractivity contribution >= 4 is 11.9 Å². The summed E-state index contributed by atoms with van der Waals surface area (Å²) in [5.41, 5.74) is 8.11. The molecule has 1 amide bonds. The van der Waals surface area contributed by atoms with Gasteiger partial charge >= 0.3 is 6.09 Å². The molecule has 1 aliphatic rings. The fourth-order valence-corrected chi connectivity index (χ4v) is 3.36. The number of ether oxygens (including phenoxy) is 1. The first kappa shape index (κ1) is 18.7. The number of benzene rings is 1. The molecule has 2 heterocycles. The van der Waals surface area contributed by atoms with Crippen LogP contribution < -0.4 is 5.73 Å². The maximum Gasteiger partial charge on any atom is 0.411 e. The Labute approximate surface area is 160 Å². The quantitative estimate of drug-likeness (QED) is 0.753. The van der Waals surface area contributed by atoms with Gasteiger partial charge in [0.15, 0.2) is 0 Å². The molecule has 1 saturated heterocycles. The van der Waals surface area contributed by atoms with E-state index in [2.05, 4.69) is 18.1 Å². The van der Waals surface area contributed by atoms with Gasteiger partial charge in [-0.25, -0.2) is 9.78 Å². The van der Waals surface area contributed by atoms with Crippen molar-refractivity contribution < 1.29 is 9.53 Å².